The van der Waals surface area contributed by atoms with Crippen molar-refractivity contribution in [1.82, 2.24) is 14.8 Å². The molecule has 10 nitrogen and oxygen atoms in total. The fourth-order valence-corrected chi connectivity index (χ4v) is 3.36. The number of likely N-dealkylation sites (tertiary alicyclic amines) is 1. The lowest BCUT2D eigenvalue weighted by Gasteiger charge is -2.24. The van der Waals surface area contributed by atoms with Crippen LogP contribution in [0.4, 0.5) is 20.3 Å². The Morgan fingerprint density at radius 3 is 2.17 bits per heavy atom. The van der Waals surface area contributed by atoms with E-state index in [4.69, 9.17) is 0 Å². The minimum Gasteiger partial charge on any atom is -0.326 e. The number of pyridine rings is 1. The molecule has 12 heteroatoms. The number of aromatic nitrogens is 1. The van der Waals surface area contributed by atoms with Crippen LogP contribution in [0, 0.1) is 22.7 Å². The van der Waals surface area contributed by atoms with Crippen LogP contribution in [0.3, 0.4) is 0 Å². The summed E-state index contributed by atoms with van der Waals surface area (Å²) in [6, 6.07) is 14.4. The first-order chi connectivity index (χ1) is 18.9. The Kier molecular flexibility index (Phi) is 13.9. The van der Waals surface area contributed by atoms with Crippen LogP contribution in [0.5, 0.6) is 0 Å². The number of alkyl halides is 2. The van der Waals surface area contributed by atoms with Gasteiger partial charge in [0.15, 0.2) is 6.80 Å². The molecule has 1 aromatic carbocycles. The van der Waals surface area contributed by atoms with Crippen LogP contribution in [0.1, 0.15) is 34.1 Å². The van der Waals surface area contributed by atoms with E-state index in [1.807, 2.05) is 6.07 Å². The van der Waals surface area contributed by atoms with E-state index in [2.05, 4.69) is 43.3 Å². The molecule has 1 fully saturated rings. The van der Waals surface area contributed by atoms with Crippen molar-refractivity contribution >= 4 is 35.1 Å². The van der Waals surface area contributed by atoms with E-state index in [1.165, 1.54) is 12.3 Å². The summed E-state index contributed by atoms with van der Waals surface area (Å²) in [7, 11) is 0.500. The molecular formula is C28H36F2N6O4. The first kappa shape index (κ1) is 33.6. The fourth-order valence-electron chi connectivity index (χ4n) is 3.36. The Morgan fingerprint density at radius 2 is 1.65 bits per heavy atom. The number of anilines is 2. The molecule has 0 aliphatic carbocycles. The Balaban J connectivity index is 0.00000103. The standard InChI is InChI=1S/C22H21FN6O4.C5H12.CH3F/c23-14-28(22(33)21(32)27-18-8-4-5-9-25-18)13-19(30)29-12-15(10-17(29)11-24)20(31)26-16-6-2-1-3-7-16;1-5(2,3)4;1-2/h1-9,15,17H,10,12-14H2,(H,26,31)(H,25,27,32);1-4H3;1H3. The minimum absolute atomic E-state index is 0.0653. The number of halogens is 2. The molecular weight excluding hydrogens is 522 g/mol. The predicted molar refractivity (Wildman–Crippen MR) is 147 cm³/mol. The van der Waals surface area contributed by atoms with Crippen molar-refractivity contribution in [3.63, 3.8) is 0 Å². The number of nitrogens with zero attached hydrogens (tertiary/aromatic N) is 4. The van der Waals surface area contributed by atoms with E-state index in [1.54, 1.807) is 42.5 Å². The molecule has 216 valence electrons. The smallest absolute Gasteiger partial charge is 0.315 e. The van der Waals surface area contributed by atoms with E-state index in [9.17, 15) is 33.2 Å². The second kappa shape index (κ2) is 16.5. The lowest BCUT2D eigenvalue weighted by molar-refractivity contribution is -0.148. The molecule has 2 N–H and O–H groups in total. The fraction of sp³-hybridized carbons (Fsp3) is 0.429. The SMILES string of the molecule is CC(C)(C)C.CF.N#CC1CC(C(=O)Nc2ccccc2)CN1C(=O)CN(CF)C(=O)C(=O)Nc1ccccn1. The molecule has 2 aromatic rings. The highest BCUT2D eigenvalue weighted by Crippen LogP contribution is 2.25. The quantitative estimate of drug-likeness (QED) is 0.409. The van der Waals surface area contributed by atoms with Gasteiger partial charge in [-0.15, -0.1) is 0 Å². The van der Waals surface area contributed by atoms with Gasteiger partial charge in [0.05, 0.1) is 19.2 Å². The number of hydrogen-bond acceptors (Lipinski definition) is 6. The van der Waals surface area contributed by atoms with Gasteiger partial charge >= 0.3 is 11.8 Å². The van der Waals surface area contributed by atoms with Gasteiger partial charge in [-0.1, -0.05) is 52.0 Å². The maximum atomic E-state index is 13.5. The summed E-state index contributed by atoms with van der Waals surface area (Å²) in [4.78, 5) is 55.1. The van der Waals surface area contributed by atoms with Gasteiger partial charge in [-0.25, -0.2) is 9.37 Å². The van der Waals surface area contributed by atoms with Crippen molar-refractivity contribution in [2.45, 2.75) is 40.2 Å². The zero-order valence-electron chi connectivity index (χ0n) is 23.4. The number of hydrogen-bond donors (Lipinski definition) is 2. The molecule has 1 aromatic heterocycles. The first-order valence-corrected chi connectivity index (χ1v) is 12.4. The second-order valence-electron chi connectivity index (χ2n) is 10.3. The molecule has 3 rings (SSSR count). The van der Waals surface area contributed by atoms with Gasteiger partial charge in [0.25, 0.3) is 0 Å². The topological polar surface area (TPSA) is 136 Å². The third-order valence-electron chi connectivity index (χ3n) is 5.04. The summed E-state index contributed by atoms with van der Waals surface area (Å²) >= 11 is 0. The van der Waals surface area contributed by atoms with Crippen LogP contribution >= 0.6 is 0 Å². The van der Waals surface area contributed by atoms with Crippen molar-refractivity contribution in [1.29, 1.82) is 5.26 Å². The Bertz CT molecular complexity index is 1150. The Labute approximate surface area is 233 Å². The van der Waals surface area contributed by atoms with E-state index in [0.717, 1.165) is 4.90 Å². The number of carbonyl (C=O) groups excluding carboxylic acids is 4. The average Bonchev–Trinajstić information content (AvgIpc) is 3.37. The van der Waals surface area contributed by atoms with E-state index in [-0.39, 0.29) is 24.7 Å². The normalized spacial score (nSPS) is 15.7. The molecule has 1 saturated heterocycles. The van der Waals surface area contributed by atoms with Crippen molar-refractivity contribution in [2.24, 2.45) is 11.3 Å². The maximum Gasteiger partial charge on any atom is 0.315 e. The highest BCUT2D eigenvalue weighted by molar-refractivity contribution is 6.39. The van der Waals surface area contributed by atoms with Crippen molar-refractivity contribution in [3.8, 4) is 6.07 Å². The monoisotopic (exact) mass is 558 g/mol. The van der Waals surface area contributed by atoms with Crippen LogP contribution in [-0.4, -0.2) is 71.5 Å². The number of rotatable bonds is 6. The molecule has 0 saturated carbocycles. The highest BCUT2D eigenvalue weighted by atomic mass is 19.1. The van der Waals surface area contributed by atoms with Crippen LogP contribution in [-0.2, 0) is 19.2 Å². The Morgan fingerprint density at radius 1 is 1.05 bits per heavy atom. The number of carbonyl (C=O) groups is 4. The molecule has 0 radical (unpaired) electrons. The molecule has 2 unspecified atom stereocenters. The van der Waals surface area contributed by atoms with Crippen LogP contribution in [0.25, 0.3) is 0 Å². The summed E-state index contributed by atoms with van der Waals surface area (Å²) in [5.41, 5.74) is 1.08. The number of para-hydroxylation sites is 1. The molecule has 1 aliphatic heterocycles. The minimum atomic E-state index is -1.39. The third-order valence-corrected chi connectivity index (χ3v) is 5.04. The van der Waals surface area contributed by atoms with Crippen LogP contribution < -0.4 is 10.6 Å². The van der Waals surface area contributed by atoms with Crippen LogP contribution in [0.2, 0.25) is 0 Å². The van der Waals surface area contributed by atoms with Crippen molar-refractivity contribution in [2.75, 3.05) is 37.7 Å². The summed E-state index contributed by atoms with van der Waals surface area (Å²) in [5, 5.41) is 14.4. The van der Waals surface area contributed by atoms with Gasteiger partial charge in [-0.05, 0) is 36.1 Å². The molecule has 4 amide bonds. The molecule has 2 atom stereocenters. The van der Waals surface area contributed by atoms with Crippen molar-refractivity contribution < 1.29 is 28.0 Å². The largest absolute Gasteiger partial charge is 0.326 e. The molecule has 0 bridgehead atoms. The predicted octanol–water partition coefficient (Wildman–Crippen LogP) is 3.79. The zero-order valence-corrected chi connectivity index (χ0v) is 23.4. The summed E-state index contributed by atoms with van der Waals surface area (Å²) in [6.07, 6.45) is 1.50. The third kappa shape index (κ3) is 11.6. The Hall–Kier alpha value is -4.40. The van der Waals surface area contributed by atoms with Crippen molar-refractivity contribution in [3.05, 3.63) is 54.7 Å². The molecule has 0 spiro atoms. The van der Waals surface area contributed by atoms with Gasteiger partial charge in [0.1, 0.15) is 18.4 Å². The number of amides is 4. The van der Waals surface area contributed by atoms with Gasteiger partial charge in [-0.3, -0.25) is 28.5 Å². The average molecular weight is 559 g/mol. The van der Waals surface area contributed by atoms with E-state index in [0.29, 0.717) is 23.2 Å². The highest BCUT2D eigenvalue weighted by Gasteiger charge is 2.40. The van der Waals surface area contributed by atoms with E-state index < -0.39 is 43.0 Å². The lowest BCUT2D eigenvalue weighted by atomic mass is 10.0. The summed E-state index contributed by atoms with van der Waals surface area (Å²) in [6.45, 7) is 6.55. The zero-order chi connectivity index (χ0) is 30.3. The first-order valence-electron chi connectivity index (χ1n) is 12.4. The van der Waals surface area contributed by atoms with E-state index >= 15 is 0 Å². The van der Waals surface area contributed by atoms with Gasteiger partial charge in [0.2, 0.25) is 11.8 Å². The lowest BCUT2D eigenvalue weighted by Crippen LogP contribution is -2.47. The maximum absolute atomic E-state index is 13.5. The van der Waals surface area contributed by atoms with Gasteiger partial charge in [0, 0.05) is 18.4 Å². The van der Waals surface area contributed by atoms with Gasteiger partial charge < -0.3 is 15.5 Å². The molecule has 2 heterocycles. The molecule has 40 heavy (non-hydrogen) atoms. The number of nitriles is 1. The second-order valence-corrected chi connectivity index (χ2v) is 10.3. The number of nitrogens with one attached hydrogen (secondary N) is 2. The summed E-state index contributed by atoms with van der Waals surface area (Å²) in [5.74, 6) is -4.07. The van der Waals surface area contributed by atoms with Crippen LogP contribution in [0.15, 0.2) is 54.7 Å². The number of benzene rings is 1. The molecule has 1 aliphatic rings. The summed E-state index contributed by atoms with van der Waals surface area (Å²) < 4.78 is 23.0. The van der Waals surface area contributed by atoms with Gasteiger partial charge in [-0.2, -0.15) is 5.26 Å².